The van der Waals surface area contributed by atoms with E-state index in [9.17, 15) is 139 Å². The molecule has 1 heterocycles. The van der Waals surface area contributed by atoms with Crippen LogP contribution in [0, 0.1) is 140 Å². The Kier molecular flexibility index (Phi) is 30.0. The summed E-state index contributed by atoms with van der Waals surface area (Å²) in [6.45, 7) is 13.4. The van der Waals surface area contributed by atoms with Crippen molar-refractivity contribution >= 4 is 76.1 Å². The highest BCUT2D eigenvalue weighted by molar-refractivity contribution is 6.03. The summed E-state index contributed by atoms with van der Waals surface area (Å²) in [5.74, 6) is -52.2. The molecule has 0 saturated carbocycles. The Balaban J connectivity index is 0.000000289. The lowest BCUT2D eigenvalue weighted by Gasteiger charge is -2.29. The molecule has 112 heavy (non-hydrogen) atoms. The summed E-state index contributed by atoms with van der Waals surface area (Å²) in [4.78, 5) is 78.8. The molecule has 44 heteroatoms. The van der Waals surface area contributed by atoms with Gasteiger partial charge in [0.05, 0.1) is 28.4 Å². The van der Waals surface area contributed by atoms with Gasteiger partial charge in [-0.2, -0.15) is 0 Å². The topological polar surface area (TPSA) is 333 Å². The van der Waals surface area contributed by atoms with Crippen LogP contribution in [0.25, 0.3) is 11.1 Å². The first kappa shape index (κ1) is 91.7. The van der Waals surface area contributed by atoms with Crippen molar-refractivity contribution in [3.05, 3.63) is 234 Å². The number of aromatic carboxylic acids is 1. The number of primary amides is 1. The summed E-state index contributed by atoms with van der Waals surface area (Å²) in [5, 5.41) is 18.7. The largest absolute Gasteiger partial charge is 0.478 e. The number of nitrogens with two attached hydrogens (primary N) is 3. The van der Waals surface area contributed by atoms with E-state index in [1.807, 2.05) is 30.3 Å². The average molecular weight is 1630 g/mol. The maximum absolute atomic E-state index is 14.0. The third-order valence-electron chi connectivity index (χ3n) is 13.1. The molecule has 1 unspecified atom stereocenters. The average Bonchev–Trinajstić information content (AvgIpc) is 0.762. The molecule has 20 nitrogen and oxygen atoms in total. The van der Waals surface area contributed by atoms with Gasteiger partial charge in [-0.15, -0.1) is 0 Å². The maximum atomic E-state index is 14.0. The van der Waals surface area contributed by atoms with Gasteiger partial charge in [-0.1, -0.05) is 54.6 Å². The number of anilines is 6. The second-order valence-corrected chi connectivity index (χ2v) is 24.8. The molecular weight excluding hydrogens is 1570 g/mol. The number of hydrogen-bond donors (Lipinski definition) is 10. The van der Waals surface area contributed by atoms with Gasteiger partial charge < -0.3 is 47.2 Å². The molecule has 0 fully saturated rings. The number of carbonyl (C=O) groups is 7. The van der Waals surface area contributed by atoms with E-state index in [1.165, 1.54) is 41.5 Å². The molecule has 8 aromatic rings. The highest BCUT2D eigenvalue weighted by atomic mass is 19.2. The normalized spacial score (nSPS) is 12.1. The Bertz CT molecular complexity index is 4850. The number of benzene rings is 8. The number of hydrogen-bond acceptors (Lipinski definition) is 13. The van der Waals surface area contributed by atoms with E-state index >= 15 is 0 Å². The molecule has 0 saturated heterocycles. The van der Waals surface area contributed by atoms with E-state index in [1.54, 1.807) is 61.0 Å². The van der Waals surface area contributed by atoms with Gasteiger partial charge in [-0.3, -0.25) is 31.3 Å². The molecule has 0 aliphatic carbocycles. The molecule has 1 aliphatic rings. The van der Waals surface area contributed by atoms with Gasteiger partial charge in [-0.25, -0.2) is 129 Å². The molecule has 6 amide bonds. The standard InChI is InChI=1S/C20H12F4N2O.C12H12F4N2O3.C12H11F4NO4.C11H11F4NO2.C7H4F4N2O.C6H3F4N/c21-14-13-18(17(24)16(23)15(14)22)25-19(26-20(13)27)12-8-6-11(7-9-12)10-4-2-1-3-5-10;1-12(2,3)21-11(20)18-9-4(10(17)19)5(13)6(14)7(15)8(9)16;1-12(2,3)21-11(20)17-9-4(10(18)19)5(13)6(14)7(15)8(9)16;1-11(2,3)18-10(17)16-6-4-5(12)7(13)9(15)8(6)14;8-2-1(7(13)14)6(12)5(11)4(10)3(2)9;7-2-1-3(11)5(9)6(10)4(2)8/h1-9,19,25H,(H,26,27);1-3H3,(H2,17,19)(H,18,20);1-3H3,(H,17,20)(H,18,19);4H,1-3H3,(H,16,17);12H2,(H2,13,14);1H,11H2/p+1. The maximum Gasteiger partial charge on any atom is 0.412 e. The van der Waals surface area contributed by atoms with Crippen LogP contribution in [0.4, 0.5) is 154 Å². The van der Waals surface area contributed by atoms with Crippen LogP contribution in [-0.2, 0) is 14.2 Å². The number of rotatable bonds is 8. The van der Waals surface area contributed by atoms with Gasteiger partial charge in [-0.05, 0) is 79.0 Å². The van der Waals surface area contributed by atoms with Gasteiger partial charge in [0.1, 0.15) is 50.9 Å². The molecule has 15 N–H and O–H groups in total. The third-order valence-corrected chi connectivity index (χ3v) is 13.1. The Morgan fingerprint density at radius 3 is 1.20 bits per heavy atom. The SMILES string of the molecule is CC(C)(C)OC(=O)Nc1c(F)c(F)c(F)c(F)c1C(=O)O.CC(C)(C)OC(=O)Nc1c(F)c(F)c(F)c(F)c1C(N)=O.CC(C)(C)OC(=O)Nc1cc(F)c(F)c(F)c1F.Nc1c(F)c(F)c(F)c(F)c1C([NH3+])=O.Nc1cc(F)c(F)c(F)c1F.O=C1NC(c2ccc(-c3ccccc3)cc2)Nc2c(F)c(F)c(F)c(F)c21. The van der Waals surface area contributed by atoms with Crippen molar-refractivity contribution < 1.29 is 164 Å². The minimum atomic E-state index is -2.29. The second-order valence-electron chi connectivity index (χ2n) is 24.8. The van der Waals surface area contributed by atoms with Crippen LogP contribution in [0.1, 0.15) is 115 Å². The molecule has 1 aliphatic heterocycles. The minimum Gasteiger partial charge on any atom is -0.478 e. The number of carboxylic acid groups (broad SMARTS) is 1. The highest BCUT2D eigenvalue weighted by Gasteiger charge is 2.37. The fourth-order valence-corrected chi connectivity index (χ4v) is 8.36. The van der Waals surface area contributed by atoms with Crippen LogP contribution in [0.2, 0.25) is 0 Å². The van der Waals surface area contributed by atoms with Gasteiger partial charge in [0.2, 0.25) is 0 Å². The monoisotopic (exact) mass is 1630 g/mol. The number of nitrogen functional groups attached to an aromatic ring is 2. The molecule has 0 radical (unpaired) electrons. The van der Waals surface area contributed by atoms with E-state index in [-0.39, 0.29) is 0 Å². The first-order valence-corrected chi connectivity index (χ1v) is 30.1. The summed E-state index contributed by atoms with van der Waals surface area (Å²) in [5.41, 5.74) is 5.93. The van der Waals surface area contributed by atoms with E-state index in [0.717, 1.165) is 11.1 Å². The lowest BCUT2D eigenvalue weighted by atomic mass is 10.0. The molecule has 604 valence electrons. The van der Waals surface area contributed by atoms with Crippen molar-refractivity contribution in [3.8, 4) is 11.1 Å². The summed E-state index contributed by atoms with van der Waals surface area (Å²) in [6.07, 6.45) is -4.68. The van der Waals surface area contributed by atoms with Gasteiger partial charge in [0.25, 0.3) is 11.8 Å². The number of ether oxygens (including phenoxy) is 3. The van der Waals surface area contributed by atoms with Crippen molar-refractivity contribution in [2.45, 2.75) is 85.3 Å². The lowest BCUT2D eigenvalue weighted by Crippen LogP contribution is -2.57. The predicted octanol–water partition coefficient (Wildman–Crippen LogP) is 16.4. The van der Waals surface area contributed by atoms with Crippen LogP contribution >= 0.6 is 0 Å². The number of quaternary nitrogens is 1. The summed E-state index contributed by atoms with van der Waals surface area (Å²) >= 11 is 0. The quantitative estimate of drug-likeness (QED) is 0.0222. The summed E-state index contributed by atoms with van der Waals surface area (Å²) in [6, 6.07) is 17.3. The first-order chi connectivity index (χ1) is 51.4. The van der Waals surface area contributed by atoms with Crippen molar-refractivity contribution in [2.24, 2.45) is 5.73 Å². The van der Waals surface area contributed by atoms with Crippen LogP contribution in [0.5, 0.6) is 0 Å². The Hall–Kier alpha value is -12.7. The molecular formula is C68H54F24N9O11+. The number of carbonyl (C=O) groups excluding carboxylic acids is 6. The smallest absolute Gasteiger partial charge is 0.412 e. The van der Waals surface area contributed by atoms with E-state index < -0.39 is 261 Å². The molecule has 0 aromatic heterocycles. The van der Waals surface area contributed by atoms with Crippen LogP contribution < -0.4 is 49.5 Å². The molecule has 8 aromatic carbocycles. The summed E-state index contributed by atoms with van der Waals surface area (Å²) < 4.78 is 326. The van der Waals surface area contributed by atoms with Crippen LogP contribution in [0.3, 0.4) is 0 Å². The van der Waals surface area contributed by atoms with E-state index in [0.29, 0.717) is 17.7 Å². The Labute approximate surface area is 613 Å². The van der Waals surface area contributed by atoms with Crippen molar-refractivity contribution in [2.75, 3.05) is 32.7 Å². The van der Waals surface area contributed by atoms with Crippen molar-refractivity contribution in [1.82, 2.24) is 5.32 Å². The number of nitrogens with one attached hydrogen (secondary N) is 5. The van der Waals surface area contributed by atoms with Gasteiger partial charge in [0, 0.05) is 12.1 Å². The van der Waals surface area contributed by atoms with Crippen molar-refractivity contribution in [3.63, 3.8) is 0 Å². The van der Waals surface area contributed by atoms with E-state index in [4.69, 9.17) is 36.5 Å². The molecule has 1 atom stereocenters. The fourth-order valence-electron chi connectivity index (χ4n) is 8.36. The number of carboxylic acids is 1. The number of halogens is 24. The van der Waals surface area contributed by atoms with Crippen LogP contribution in [0.15, 0.2) is 66.7 Å². The second kappa shape index (κ2) is 36.7. The molecule has 0 bridgehead atoms. The zero-order valence-corrected chi connectivity index (χ0v) is 58.0. The highest BCUT2D eigenvalue weighted by Crippen LogP contribution is 2.37. The molecule has 9 rings (SSSR count). The van der Waals surface area contributed by atoms with Gasteiger partial charge >= 0.3 is 30.2 Å². The zero-order valence-electron chi connectivity index (χ0n) is 58.0. The Morgan fingerprint density at radius 2 is 0.768 bits per heavy atom. The number of amides is 6. The predicted molar refractivity (Wildman–Crippen MR) is 344 cm³/mol. The Morgan fingerprint density at radius 1 is 0.411 bits per heavy atom. The van der Waals surface area contributed by atoms with Crippen molar-refractivity contribution in [1.29, 1.82) is 0 Å². The van der Waals surface area contributed by atoms with Crippen LogP contribution in [-0.4, -0.2) is 63.9 Å². The summed E-state index contributed by atoms with van der Waals surface area (Å²) in [7, 11) is 0. The minimum absolute atomic E-state index is 0.331. The number of fused-ring (bicyclic) bond motifs is 1. The zero-order chi connectivity index (χ0) is 85.9. The molecule has 0 spiro atoms. The lowest BCUT2D eigenvalue weighted by molar-refractivity contribution is -0.255. The third kappa shape index (κ3) is 22.5. The van der Waals surface area contributed by atoms with E-state index in [2.05, 4.69) is 16.4 Å². The first-order valence-electron chi connectivity index (χ1n) is 30.1. The fraction of sp³-hybridized carbons (Fsp3) is 0.191. The van der Waals surface area contributed by atoms with Gasteiger partial charge in [0.15, 0.2) is 140 Å².